The number of anilines is 1. The van der Waals surface area contributed by atoms with Crippen molar-refractivity contribution in [1.29, 1.82) is 0 Å². The molecule has 5 heterocycles. The number of carbonyl (C=O) groups is 2. The van der Waals surface area contributed by atoms with Gasteiger partial charge in [0.2, 0.25) is 11.7 Å². The Morgan fingerprint density at radius 2 is 1.82 bits per heavy atom. The van der Waals surface area contributed by atoms with Gasteiger partial charge in [-0.25, -0.2) is 9.97 Å². The van der Waals surface area contributed by atoms with Crippen LogP contribution in [0.1, 0.15) is 64.4 Å². The first-order valence-corrected chi connectivity index (χ1v) is 17.8. The molecular weight excluding hydrogens is 766 g/mol. The zero-order valence-electron chi connectivity index (χ0n) is 29.9. The summed E-state index contributed by atoms with van der Waals surface area (Å²) in [6.45, 7) is 3.68. The average Bonchev–Trinajstić information content (AvgIpc) is 3.69. The molecule has 0 unspecified atom stereocenters. The smallest absolute Gasteiger partial charge is 0.416 e. The molecule has 55 heavy (non-hydrogen) atoms. The predicted molar refractivity (Wildman–Crippen MR) is 195 cm³/mol. The van der Waals surface area contributed by atoms with Crippen molar-refractivity contribution in [2.24, 2.45) is 0 Å². The third kappa shape index (κ3) is 7.01. The van der Waals surface area contributed by atoms with Crippen molar-refractivity contribution in [3.8, 4) is 17.1 Å². The minimum Gasteiger partial charge on any atom is -0.504 e. The number of fused-ring (bicyclic) bond motifs is 3. The molecule has 2 aromatic carbocycles. The summed E-state index contributed by atoms with van der Waals surface area (Å²) in [7, 11) is 3.82. The van der Waals surface area contributed by atoms with Gasteiger partial charge in [-0.05, 0) is 70.6 Å². The first-order chi connectivity index (χ1) is 26.0. The summed E-state index contributed by atoms with van der Waals surface area (Å²) in [5.41, 5.74) is -0.686. The van der Waals surface area contributed by atoms with E-state index in [2.05, 4.69) is 20.4 Å². The summed E-state index contributed by atoms with van der Waals surface area (Å²) >= 11 is 12.8. The van der Waals surface area contributed by atoms with Gasteiger partial charge >= 0.3 is 6.18 Å². The van der Waals surface area contributed by atoms with Crippen LogP contribution in [0.5, 0.6) is 5.75 Å². The van der Waals surface area contributed by atoms with Crippen molar-refractivity contribution in [3.05, 3.63) is 96.9 Å². The van der Waals surface area contributed by atoms with Crippen LogP contribution in [0.15, 0.2) is 47.5 Å². The molecule has 0 saturated carbocycles. The second kappa shape index (κ2) is 14.2. The number of aromatic nitrogens is 6. The van der Waals surface area contributed by atoms with Gasteiger partial charge < -0.3 is 29.5 Å². The number of carbonyl (C=O) groups excluding carboxylic acids is 2. The van der Waals surface area contributed by atoms with Crippen molar-refractivity contribution in [1.82, 2.24) is 38.9 Å². The Morgan fingerprint density at radius 3 is 2.47 bits per heavy atom. The van der Waals surface area contributed by atoms with E-state index in [9.17, 15) is 32.7 Å². The van der Waals surface area contributed by atoms with Gasteiger partial charge in [0.05, 0.1) is 39.3 Å². The second-order valence-electron chi connectivity index (χ2n) is 13.8. The molecule has 7 rings (SSSR count). The van der Waals surface area contributed by atoms with E-state index in [4.69, 9.17) is 32.9 Å². The molecule has 1 saturated heterocycles. The number of aryl methyl sites for hydroxylation is 1. The molecule has 0 bridgehead atoms. The van der Waals surface area contributed by atoms with Crippen LogP contribution in [0.3, 0.4) is 0 Å². The number of aromatic hydroxyl groups is 1. The minimum atomic E-state index is -4.64. The van der Waals surface area contributed by atoms with Gasteiger partial charge in [0.15, 0.2) is 17.3 Å². The number of nitrogens with zero attached hydrogens (tertiary/aromatic N) is 8. The normalized spacial score (nSPS) is 16.6. The van der Waals surface area contributed by atoms with Crippen LogP contribution in [0, 0.1) is 6.92 Å². The Labute approximate surface area is 321 Å². The van der Waals surface area contributed by atoms with Gasteiger partial charge in [-0.1, -0.05) is 35.3 Å². The van der Waals surface area contributed by atoms with E-state index < -0.39 is 47.4 Å². The topological polar surface area (TPSA) is 160 Å². The fourth-order valence-electron chi connectivity index (χ4n) is 7.15. The lowest BCUT2D eigenvalue weighted by Crippen LogP contribution is -2.47. The number of rotatable bonds is 7. The average molecular weight is 801 g/mol. The summed E-state index contributed by atoms with van der Waals surface area (Å²) in [5.74, 6) is -1.34. The first kappa shape index (κ1) is 38.2. The van der Waals surface area contributed by atoms with Crippen LogP contribution in [0.25, 0.3) is 17.2 Å². The number of piperidine rings is 1. The fourth-order valence-corrected chi connectivity index (χ4v) is 7.62. The zero-order valence-corrected chi connectivity index (χ0v) is 31.4. The Balaban J connectivity index is 1.29. The molecule has 2 aliphatic heterocycles. The molecule has 14 nitrogen and oxygen atoms in total. The quantitative estimate of drug-likeness (QED) is 0.212. The van der Waals surface area contributed by atoms with E-state index in [1.54, 1.807) is 26.0 Å². The third-order valence-electron chi connectivity index (χ3n) is 9.76. The monoisotopic (exact) mass is 799 g/mol. The Kier molecular flexibility index (Phi) is 9.86. The van der Waals surface area contributed by atoms with E-state index in [-0.39, 0.29) is 70.9 Å². The molecule has 19 heteroatoms. The summed E-state index contributed by atoms with van der Waals surface area (Å²) in [4.78, 5) is 57.7. The Bertz CT molecular complexity index is 2430. The van der Waals surface area contributed by atoms with Crippen molar-refractivity contribution >= 4 is 46.5 Å². The maximum Gasteiger partial charge on any atom is 0.416 e. The van der Waals surface area contributed by atoms with E-state index in [1.165, 1.54) is 15.8 Å². The van der Waals surface area contributed by atoms with Gasteiger partial charge in [-0.15, -0.1) is 5.10 Å². The standard InChI is InChI=1S/C36H34Cl2F3N9O5/c1-18-30(52)28(43-17-42-18)33(54)48-11-9-35(10-12-48)27-29(19(2)55-35)49(16-26(51)44-25-8-7-22(14-24(25)38)36(39,40)41)34-45-31(46-50(34)32(27)53)20-5-6-21(15-47(3)4)23(37)13-20/h5-8,13-14,17,19,52H,9-12,15-16H2,1-4H3,(H,44,51)/t19-/m0/s1. The largest absolute Gasteiger partial charge is 0.504 e. The Morgan fingerprint density at radius 1 is 1.09 bits per heavy atom. The molecule has 2 N–H and O–H groups in total. The number of hydrogen-bond acceptors (Lipinski definition) is 10. The lowest BCUT2D eigenvalue weighted by Gasteiger charge is -2.39. The fraction of sp³-hybridized carbons (Fsp3) is 0.361. The molecule has 2 amide bonds. The Hall–Kier alpha value is -5.10. The molecule has 1 fully saturated rings. The molecule has 3 aromatic heterocycles. The van der Waals surface area contributed by atoms with Gasteiger partial charge in [0, 0.05) is 30.2 Å². The number of amides is 2. The lowest BCUT2D eigenvalue weighted by molar-refractivity contribution is -0.137. The van der Waals surface area contributed by atoms with Crippen molar-refractivity contribution < 1.29 is 32.6 Å². The second-order valence-corrected chi connectivity index (χ2v) is 14.6. The van der Waals surface area contributed by atoms with Gasteiger partial charge in [0.1, 0.15) is 18.5 Å². The number of ether oxygens (including phenoxy) is 1. The number of halogens is 5. The third-order valence-corrected chi connectivity index (χ3v) is 10.4. The van der Waals surface area contributed by atoms with Gasteiger partial charge in [-0.3, -0.25) is 14.4 Å². The van der Waals surface area contributed by atoms with Crippen LogP contribution in [0.4, 0.5) is 18.9 Å². The van der Waals surface area contributed by atoms with E-state index in [1.807, 2.05) is 25.1 Å². The minimum absolute atomic E-state index is 0.00984. The molecular formula is C36H34Cl2F3N9O5. The highest BCUT2D eigenvalue weighted by molar-refractivity contribution is 6.33. The van der Waals surface area contributed by atoms with Crippen LogP contribution in [-0.4, -0.2) is 83.0 Å². The van der Waals surface area contributed by atoms with Crippen molar-refractivity contribution in [2.75, 3.05) is 32.5 Å². The van der Waals surface area contributed by atoms with Crippen molar-refractivity contribution in [3.63, 3.8) is 0 Å². The summed E-state index contributed by atoms with van der Waals surface area (Å²) in [6, 6.07) is 7.88. The number of likely N-dealkylation sites (tertiary alicyclic amines) is 1. The summed E-state index contributed by atoms with van der Waals surface area (Å²) in [5, 5.41) is 17.7. The summed E-state index contributed by atoms with van der Waals surface area (Å²) in [6.07, 6.45) is -3.83. The van der Waals surface area contributed by atoms with Crippen LogP contribution < -0.4 is 10.9 Å². The highest BCUT2D eigenvalue weighted by atomic mass is 35.5. The van der Waals surface area contributed by atoms with Crippen molar-refractivity contribution in [2.45, 2.75) is 57.7 Å². The lowest BCUT2D eigenvalue weighted by atomic mass is 9.85. The number of nitrogens with one attached hydrogen (secondary N) is 1. The van der Waals surface area contributed by atoms with E-state index >= 15 is 0 Å². The molecule has 288 valence electrons. The molecule has 0 radical (unpaired) electrons. The molecule has 2 aliphatic rings. The highest BCUT2D eigenvalue weighted by Crippen LogP contribution is 2.48. The van der Waals surface area contributed by atoms with E-state index in [0.29, 0.717) is 22.8 Å². The zero-order chi connectivity index (χ0) is 39.6. The maximum absolute atomic E-state index is 14.5. The molecule has 1 atom stereocenters. The highest BCUT2D eigenvalue weighted by Gasteiger charge is 2.50. The van der Waals surface area contributed by atoms with Crippen LogP contribution in [0.2, 0.25) is 10.0 Å². The number of hydrogen-bond donors (Lipinski definition) is 2. The maximum atomic E-state index is 14.5. The van der Waals surface area contributed by atoms with Crippen LogP contribution >= 0.6 is 23.2 Å². The first-order valence-electron chi connectivity index (χ1n) is 17.1. The molecule has 5 aromatic rings. The van der Waals surface area contributed by atoms with Gasteiger partial charge in [0.25, 0.3) is 11.5 Å². The predicted octanol–water partition coefficient (Wildman–Crippen LogP) is 5.61. The molecule has 0 aliphatic carbocycles. The SMILES string of the molecule is Cc1ncnc(C(=O)N2CCC3(CC2)O[C@@H](C)c2c3c(=O)n3nc(-c4ccc(CN(C)C)c(Cl)c4)nc3n2CC(=O)Nc2ccc(C(F)(F)F)cc2Cl)c1O. The number of alkyl halides is 3. The number of benzene rings is 2. The summed E-state index contributed by atoms with van der Waals surface area (Å²) < 4.78 is 49.0. The van der Waals surface area contributed by atoms with Crippen LogP contribution in [-0.2, 0) is 34.4 Å². The molecule has 1 spiro atoms. The van der Waals surface area contributed by atoms with Gasteiger partial charge in [-0.2, -0.15) is 22.7 Å². The van der Waals surface area contributed by atoms with E-state index in [0.717, 1.165) is 28.3 Å².